The van der Waals surface area contributed by atoms with E-state index in [9.17, 15) is 27.9 Å². The van der Waals surface area contributed by atoms with Crippen LogP contribution in [0.5, 0.6) is 11.5 Å². The van der Waals surface area contributed by atoms with E-state index in [2.05, 4.69) is 9.72 Å². The van der Waals surface area contributed by atoms with Crippen LogP contribution in [0.15, 0.2) is 64.2 Å². The number of alkyl halides is 3. The topological polar surface area (TPSA) is 81.4 Å². The minimum absolute atomic E-state index is 0.0000309. The second kappa shape index (κ2) is 7.88. The molecule has 0 radical (unpaired) electrons. The fourth-order valence-corrected chi connectivity index (χ4v) is 3.85. The number of benzene rings is 1. The molecule has 1 aromatic carbocycles. The molecule has 10 heteroatoms. The number of halogens is 3. The van der Waals surface area contributed by atoms with Crippen molar-refractivity contribution in [2.75, 3.05) is 0 Å². The predicted octanol–water partition coefficient (Wildman–Crippen LogP) is 4.48. The van der Waals surface area contributed by atoms with Gasteiger partial charge in [0.05, 0.1) is 11.1 Å². The van der Waals surface area contributed by atoms with Gasteiger partial charge in [-0.25, -0.2) is 4.98 Å². The molecule has 4 rings (SSSR count). The number of nitrogens with zero attached hydrogens (tertiary/aromatic N) is 2. The van der Waals surface area contributed by atoms with Crippen LogP contribution in [0.4, 0.5) is 13.2 Å². The number of thiophene rings is 1. The molecule has 158 valence electrons. The molecule has 0 fully saturated rings. The Morgan fingerprint density at radius 2 is 2.00 bits per heavy atom. The number of aromatic nitrogens is 2. The van der Waals surface area contributed by atoms with Crippen molar-refractivity contribution in [2.45, 2.75) is 12.8 Å². The number of ether oxygens (including phenoxy) is 1. The Hall–Kier alpha value is -3.66. The lowest BCUT2D eigenvalue weighted by Gasteiger charge is -2.15. The van der Waals surface area contributed by atoms with Crippen LogP contribution in [-0.4, -0.2) is 26.8 Å². The van der Waals surface area contributed by atoms with E-state index in [4.69, 9.17) is 0 Å². The van der Waals surface area contributed by atoms with Crippen molar-refractivity contribution >= 4 is 28.2 Å². The first kappa shape index (κ1) is 20.6. The second-order valence-corrected chi connectivity index (χ2v) is 7.30. The lowest BCUT2D eigenvalue weighted by atomic mass is 10.0. The molecule has 0 amide bonds. The molecule has 0 bridgehead atoms. The van der Waals surface area contributed by atoms with Gasteiger partial charge in [-0.15, -0.1) is 13.2 Å². The summed E-state index contributed by atoms with van der Waals surface area (Å²) in [6.07, 6.45) is -3.67. The summed E-state index contributed by atoms with van der Waals surface area (Å²) in [7, 11) is 0. The standard InChI is InChI=1S/C21H13F3N2O4S/c22-21(23,24)30-14-4-1-3-13(10-14)26-19-15(5-2-7-25-19)18(28)17(20(26)29)16(27)9-12-6-8-31-11-12/h1-8,10-11,28H,9H2. The molecule has 0 saturated heterocycles. The quantitative estimate of drug-likeness (QED) is 0.458. The average molecular weight is 446 g/mol. The first-order valence-electron chi connectivity index (χ1n) is 8.88. The van der Waals surface area contributed by atoms with Gasteiger partial charge < -0.3 is 9.84 Å². The van der Waals surface area contributed by atoms with E-state index >= 15 is 0 Å². The molecule has 0 spiro atoms. The van der Waals surface area contributed by atoms with Crippen LogP contribution in [0, 0.1) is 0 Å². The fraction of sp³-hybridized carbons (Fsp3) is 0.0952. The molecule has 1 N–H and O–H groups in total. The van der Waals surface area contributed by atoms with Crippen LogP contribution >= 0.6 is 11.3 Å². The highest BCUT2D eigenvalue weighted by molar-refractivity contribution is 7.08. The Kier molecular flexibility index (Phi) is 5.24. The van der Waals surface area contributed by atoms with Gasteiger partial charge in [-0.05, 0) is 46.7 Å². The zero-order valence-electron chi connectivity index (χ0n) is 15.6. The molecule has 6 nitrogen and oxygen atoms in total. The molecule has 3 heterocycles. The zero-order chi connectivity index (χ0) is 22.2. The van der Waals surface area contributed by atoms with Crippen molar-refractivity contribution in [2.24, 2.45) is 0 Å². The zero-order valence-corrected chi connectivity index (χ0v) is 16.4. The van der Waals surface area contributed by atoms with Crippen LogP contribution in [-0.2, 0) is 6.42 Å². The van der Waals surface area contributed by atoms with Gasteiger partial charge in [-0.2, -0.15) is 11.3 Å². The Morgan fingerprint density at radius 1 is 1.19 bits per heavy atom. The first-order valence-corrected chi connectivity index (χ1v) is 9.82. The number of pyridine rings is 2. The number of ketones is 1. The molecular formula is C21H13F3N2O4S. The Balaban J connectivity index is 1.93. The summed E-state index contributed by atoms with van der Waals surface area (Å²) in [6, 6.07) is 9.44. The van der Waals surface area contributed by atoms with E-state index < -0.39 is 34.8 Å². The molecule has 31 heavy (non-hydrogen) atoms. The monoisotopic (exact) mass is 446 g/mol. The lowest BCUT2D eigenvalue weighted by molar-refractivity contribution is -0.274. The molecule has 0 saturated carbocycles. The molecule has 0 aliphatic rings. The Bertz CT molecular complexity index is 1330. The van der Waals surface area contributed by atoms with Crippen LogP contribution < -0.4 is 10.3 Å². The average Bonchev–Trinajstić information content (AvgIpc) is 3.20. The van der Waals surface area contributed by atoms with Crippen LogP contribution in [0.3, 0.4) is 0 Å². The summed E-state index contributed by atoms with van der Waals surface area (Å²) >= 11 is 1.38. The third kappa shape index (κ3) is 4.15. The predicted molar refractivity (Wildman–Crippen MR) is 108 cm³/mol. The van der Waals surface area contributed by atoms with E-state index in [1.165, 1.54) is 41.8 Å². The van der Waals surface area contributed by atoms with Crippen LogP contribution in [0.25, 0.3) is 16.7 Å². The molecule has 0 aliphatic heterocycles. The largest absolute Gasteiger partial charge is 0.573 e. The normalized spacial score (nSPS) is 11.6. The number of carbonyl (C=O) groups excluding carboxylic acids is 1. The second-order valence-electron chi connectivity index (χ2n) is 6.52. The number of rotatable bonds is 5. The summed E-state index contributed by atoms with van der Waals surface area (Å²) < 4.78 is 42.8. The highest BCUT2D eigenvalue weighted by Gasteiger charge is 2.31. The number of carbonyl (C=O) groups is 1. The van der Waals surface area contributed by atoms with E-state index in [1.807, 2.05) is 0 Å². The van der Waals surface area contributed by atoms with Crippen LogP contribution in [0.1, 0.15) is 15.9 Å². The van der Waals surface area contributed by atoms with Gasteiger partial charge in [0, 0.05) is 18.7 Å². The summed E-state index contributed by atoms with van der Waals surface area (Å²) in [5.74, 6) is -1.68. The van der Waals surface area contributed by atoms with Crippen molar-refractivity contribution in [1.29, 1.82) is 0 Å². The maximum absolute atomic E-state index is 13.3. The van der Waals surface area contributed by atoms with Gasteiger partial charge in [-0.1, -0.05) is 6.07 Å². The molecule has 0 unspecified atom stereocenters. The third-order valence-electron chi connectivity index (χ3n) is 4.44. The maximum Gasteiger partial charge on any atom is 0.573 e. The number of fused-ring (bicyclic) bond motifs is 1. The molecule has 3 aromatic heterocycles. The van der Waals surface area contributed by atoms with Gasteiger partial charge in [0.15, 0.2) is 11.4 Å². The summed E-state index contributed by atoms with van der Waals surface area (Å²) in [5.41, 5.74) is -0.699. The number of Topliss-reactive ketones (excluding diaryl/α,β-unsaturated/α-hetero) is 1. The van der Waals surface area contributed by atoms with Gasteiger partial charge in [-0.3, -0.25) is 14.2 Å². The molecular weight excluding hydrogens is 433 g/mol. The molecule has 4 aromatic rings. The van der Waals surface area contributed by atoms with Crippen LogP contribution in [0.2, 0.25) is 0 Å². The van der Waals surface area contributed by atoms with E-state index in [0.29, 0.717) is 5.56 Å². The fourth-order valence-electron chi connectivity index (χ4n) is 3.18. The highest BCUT2D eigenvalue weighted by Crippen LogP contribution is 2.30. The minimum atomic E-state index is -4.92. The summed E-state index contributed by atoms with van der Waals surface area (Å²) in [6.45, 7) is 0. The van der Waals surface area contributed by atoms with Crippen molar-refractivity contribution in [3.8, 4) is 17.2 Å². The van der Waals surface area contributed by atoms with Crippen molar-refractivity contribution in [1.82, 2.24) is 9.55 Å². The molecule has 0 atom stereocenters. The van der Waals surface area contributed by atoms with Crippen molar-refractivity contribution < 1.29 is 27.8 Å². The smallest absolute Gasteiger partial charge is 0.506 e. The maximum atomic E-state index is 13.3. The minimum Gasteiger partial charge on any atom is -0.506 e. The van der Waals surface area contributed by atoms with Crippen molar-refractivity contribution in [3.05, 3.63) is 80.9 Å². The van der Waals surface area contributed by atoms with Gasteiger partial charge in [0.1, 0.15) is 17.1 Å². The van der Waals surface area contributed by atoms with Gasteiger partial charge in [0.2, 0.25) is 0 Å². The number of aromatic hydroxyl groups is 1. The lowest BCUT2D eigenvalue weighted by Crippen LogP contribution is -2.27. The van der Waals surface area contributed by atoms with Gasteiger partial charge in [0.25, 0.3) is 5.56 Å². The number of hydrogen-bond acceptors (Lipinski definition) is 6. The van der Waals surface area contributed by atoms with E-state index in [1.54, 1.807) is 16.8 Å². The van der Waals surface area contributed by atoms with E-state index in [-0.39, 0.29) is 23.1 Å². The van der Waals surface area contributed by atoms with Crippen molar-refractivity contribution in [3.63, 3.8) is 0 Å². The Labute approximate surface area is 176 Å². The SMILES string of the molecule is O=C(Cc1ccsc1)c1c(O)c2cccnc2n(-c2cccc(OC(F)(F)F)c2)c1=O. The molecule has 0 aliphatic carbocycles. The first-order chi connectivity index (χ1) is 14.7. The highest BCUT2D eigenvalue weighted by atomic mass is 32.1. The van der Waals surface area contributed by atoms with E-state index in [0.717, 1.165) is 16.7 Å². The third-order valence-corrected chi connectivity index (χ3v) is 5.17. The summed E-state index contributed by atoms with van der Waals surface area (Å²) in [5, 5.41) is 14.3. The number of hydrogen-bond donors (Lipinski definition) is 1. The Morgan fingerprint density at radius 3 is 2.71 bits per heavy atom. The van der Waals surface area contributed by atoms with Gasteiger partial charge >= 0.3 is 6.36 Å². The summed E-state index contributed by atoms with van der Waals surface area (Å²) in [4.78, 5) is 30.2.